The molecule has 0 fully saturated rings. The Balaban J connectivity index is 3.57. The summed E-state index contributed by atoms with van der Waals surface area (Å²) in [5, 5.41) is 3.20. The normalized spacial score (nSPS) is 10.1. The van der Waals surface area contributed by atoms with E-state index in [1.807, 2.05) is 7.05 Å². The number of ether oxygens (including phenoxy) is 1. The molecule has 0 radical (unpaired) electrons. The molecule has 1 aromatic carbocycles. The van der Waals surface area contributed by atoms with Crippen LogP contribution in [-0.2, 0) is 0 Å². The molecule has 0 amide bonds. The largest absolute Gasteiger partial charge is 0.494 e. The summed E-state index contributed by atoms with van der Waals surface area (Å²) in [6, 6.07) is 0. The molecular formula is C12H19NO. The van der Waals surface area contributed by atoms with Gasteiger partial charge in [-0.2, -0.15) is 0 Å². The number of nitrogens with one attached hydrogen (secondary N) is 1. The molecule has 0 aromatic heterocycles. The van der Waals surface area contributed by atoms with Crippen LogP contribution in [0.25, 0.3) is 0 Å². The molecule has 0 spiro atoms. The molecule has 0 saturated carbocycles. The molecule has 0 aliphatic carbocycles. The van der Waals surface area contributed by atoms with E-state index in [1.165, 1.54) is 22.3 Å². The molecule has 1 rings (SSSR count). The Morgan fingerprint density at radius 3 is 1.79 bits per heavy atom. The zero-order valence-electron chi connectivity index (χ0n) is 9.91. The second kappa shape index (κ2) is 3.91. The molecular weight excluding hydrogens is 174 g/mol. The highest BCUT2D eigenvalue weighted by atomic mass is 16.5. The minimum absolute atomic E-state index is 0.966. The van der Waals surface area contributed by atoms with Gasteiger partial charge in [0.25, 0.3) is 0 Å². The lowest BCUT2D eigenvalue weighted by Gasteiger charge is -2.19. The predicted molar refractivity (Wildman–Crippen MR) is 61.5 cm³/mol. The summed E-state index contributed by atoms with van der Waals surface area (Å²) in [5.74, 6) is 0.966. The second-order valence-corrected chi connectivity index (χ2v) is 3.66. The van der Waals surface area contributed by atoms with Gasteiger partial charge in [0, 0.05) is 7.05 Å². The number of anilines is 1. The first-order valence-corrected chi connectivity index (χ1v) is 4.86. The van der Waals surface area contributed by atoms with Gasteiger partial charge in [-0.05, 0) is 49.9 Å². The van der Waals surface area contributed by atoms with Crippen LogP contribution < -0.4 is 10.1 Å². The van der Waals surface area contributed by atoms with Gasteiger partial charge in [0.05, 0.1) is 12.8 Å². The van der Waals surface area contributed by atoms with Crippen LogP contribution in [0.5, 0.6) is 5.75 Å². The van der Waals surface area contributed by atoms with Crippen LogP contribution in [-0.4, -0.2) is 14.2 Å². The lowest BCUT2D eigenvalue weighted by atomic mass is 9.96. The number of methoxy groups -OCH3 is 1. The lowest BCUT2D eigenvalue weighted by Crippen LogP contribution is -2.03. The Bertz CT molecular complexity index is 321. The maximum absolute atomic E-state index is 5.42. The first kappa shape index (κ1) is 10.9. The molecule has 0 bridgehead atoms. The van der Waals surface area contributed by atoms with E-state index in [1.54, 1.807) is 7.11 Å². The fraction of sp³-hybridized carbons (Fsp3) is 0.500. The van der Waals surface area contributed by atoms with Crippen molar-refractivity contribution in [3.63, 3.8) is 0 Å². The molecule has 2 nitrogen and oxygen atoms in total. The summed E-state index contributed by atoms with van der Waals surface area (Å²) in [7, 11) is 3.65. The van der Waals surface area contributed by atoms with Crippen molar-refractivity contribution in [2.45, 2.75) is 27.7 Å². The minimum Gasteiger partial charge on any atom is -0.494 e. The van der Waals surface area contributed by atoms with Gasteiger partial charge in [0.15, 0.2) is 0 Å². The van der Waals surface area contributed by atoms with Crippen molar-refractivity contribution in [1.82, 2.24) is 0 Å². The van der Waals surface area contributed by atoms with Crippen LogP contribution in [0, 0.1) is 27.7 Å². The average Bonchev–Trinajstić information content (AvgIpc) is 2.20. The van der Waals surface area contributed by atoms with Crippen molar-refractivity contribution >= 4 is 5.69 Å². The quantitative estimate of drug-likeness (QED) is 0.779. The number of rotatable bonds is 2. The van der Waals surface area contributed by atoms with Gasteiger partial charge in [-0.1, -0.05) is 0 Å². The summed E-state index contributed by atoms with van der Waals surface area (Å²) in [5.41, 5.74) is 6.26. The topological polar surface area (TPSA) is 21.3 Å². The highest BCUT2D eigenvalue weighted by Gasteiger charge is 2.14. The van der Waals surface area contributed by atoms with Gasteiger partial charge in [0.2, 0.25) is 0 Å². The summed E-state index contributed by atoms with van der Waals surface area (Å²) in [4.78, 5) is 0. The Hall–Kier alpha value is -1.18. The highest BCUT2D eigenvalue weighted by Crippen LogP contribution is 2.36. The van der Waals surface area contributed by atoms with Crippen LogP contribution >= 0.6 is 0 Å². The minimum atomic E-state index is 0.966. The molecule has 0 saturated heterocycles. The van der Waals surface area contributed by atoms with E-state index in [0.29, 0.717) is 0 Å². The molecule has 0 aliphatic rings. The zero-order chi connectivity index (χ0) is 10.9. The van der Waals surface area contributed by atoms with Crippen molar-refractivity contribution < 1.29 is 4.74 Å². The monoisotopic (exact) mass is 193 g/mol. The van der Waals surface area contributed by atoms with Gasteiger partial charge in [-0.3, -0.25) is 0 Å². The van der Waals surface area contributed by atoms with Crippen molar-refractivity contribution in [2.24, 2.45) is 0 Å². The summed E-state index contributed by atoms with van der Waals surface area (Å²) in [6.45, 7) is 8.51. The third-order valence-electron chi connectivity index (χ3n) is 3.08. The predicted octanol–water partition coefficient (Wildman–Crippen LogP) is 2.97. The van der Waals surface area contributed by atoms with E-state index < -0.39 is 0 Å². The molecule has 0 unspecified atom stereocenters. The summed E-state index contributed by atoms with van der Waals surface area (Å²) >= 11 is 0. The molecule has 1 N–H and O–H groups in total. The zero-order valence-corrected chi connectivity index (χ0v) is 9.91. The fourth-order valence-corrected chi connectivity index (χ4v) is 1.83. The molecule has 14 heavy (non-hydrogen) atoms. The van der Waals surface area contributed by atoms with Crippen LogP contribution in [0.4, 0.5) is 5.69 Å². The average molecular weight is 193 g/mol. The van der Waals surface area contributed by atoms with Gasteiger partial charge >= 0.3 is 0 Å². The number of hydrogen-bond acceptors (Lipinski definition) is 2. The Morgan fingerprint density at radius 1 is 0.857 bits per heavy atom. The van der Waals surface area contributed by atoms with Gasteiger partial charge in [-0.15, -0.1) is 0 Å². The number of hydrogen-bond donors (Lipinski definition) is 1. The van der Waals surface area contributed by atoms with Crippen LogP contribution in [0.2, 0.25) is 0 Å². The van der Waals surface area contributed by atoms with Gasteiger partial charge in [-0.25, -0.2) is 0 Å². The molecule has 78 valence electrons. The van der Waals surface area contributed by atoms with E-state index in [2.05, 4.69) is 33.0 Å². The van der Waals surface area contributed by atoms with Crippen LogP contribution in [0.3, 0.4) is 0 Å². The Morgan fingerprint density at radius 2 is 1.36 bits per heavy atom. The SMILES string of the molecule is CNc1c(C)c(C)c(C)c(C)c1OC. The van der Waals surface area contributed by atoms with E-state index in [9.17, 15) is 0 Å². The third kappa shape index (κ3) is 1.45. The highest BCUT2D eigenvalue weighted by molar-refractivity contribution is 5.69. The summed E-state index contributed by atoms with van der Waals surface area (Å²) < 4.78 is 5.42. The Labute approximate surface area is 86.3 Å². The van der Waals surface area contributed by atoms with Crippen LogP contribution in [0.15, 0.2) is 0 Å². The third-order valence-corrected chi connectivity index (χ3v) is 3.08. The van der Waals surface area contributed by atoms with Crippen molar-refractivity contribution in [1.29, 1.82) is 0 Å². The van der Waals surface area contributed by atoms with E-state index in [0.717, 1.165) is 11.4 Å². The van der Waals surface area contributed by atoms with Crippen molar-refractivity contribution in [3.8, 4) is 5.75 Å². The van der Waals surface area contributed by atoms with Gasteiger partial charge in [0.1, 0.15) is 5.75 Å². The molecule has 0 atom stereocenters. The summed E-state index contributed by atoms with van der Waals surface area (Å²) in [6.07, 6.45) is 0. The van der Waals surface area contributed by atoms with Crippen LogP contribution in [0.1, 0.15) is 22.3 Å². The molecule has 2 heteroatoms. The van der Waals surface area contributed by atoms with E-state index >= 15 is 0 Å². The smallest absolute Gasteiger partial charge is 0.145 e. The molecule has 1 aromatic rings. The van der Waals surface area contributed by atoms with Crippen molar-refractivity contribution in [2.75, 3.05) is 19.5 Å². The second-order valence-electron chi connectivity index (χ2n) is 3.66. The molecule has 0 heterocycles. The lowest BCUT2D eigenvalue weighted by molar-refractivity contribution is 0.413. The standard InChI is InChI=1S/C12H19NO/c1-7-8(2)10(4)12(14-6)11(13-5)9(7)3/h13H,1-6H3. The Kier molecular flexibility index (Phi) is 3.04. The molecule has 0 aliphatic heterocycles. The number of benzene rings is 1. The van der Waals surface area contributed by atoms with Crippen molar-refractivity contribution in [3.05, 3.63) is 22.3 Å². The maximum atomic E-state index is 5.42. The first-order valence-electron chi connectivity index (χ1n) is 4.86. The van der Waals surface area contributed by atoms with E-state index in [-0.39, 0.29) is 0 Å². The fourth-order valence-electron chi connectivity index (χ4n) is 1.83. The van der Waals surface area contributed by atoms with E-state index in [4.69, 9.17) is 4.74 Å². The maximum Gasteiger partial charge on any atom is 0.145 e. The first-order chi connectivity index (χ1) is 6.54. The van der Waals surface area contributed by atoms with Gasteiger partial charge < -0.3 is 10.1 Å².